The SMILES string of the molecule is CCOC(=O)c1nc(CC)n(CCS(N)(=O)=O)c1N. The molecule has 0 saturated heterocycles. The molecule has 4 N–H and O–H groups in total. The van der Waals surface area contributed by atoms with Gasteiger partial charge in [0, 0.05) is 13.0 Å². The number of aromatic nitrogens is 2. The Morgan fingerprint density at radius 2 is 2.05 bits per heavy atom. The Bertz CT molecular complexity index is 564. The van der Waals surface area contributed by atoms with Crippen molar-refractivity contribution in [2.75, 3.05) is 18.1 Å². The number of aryl methyl sites for hydroxylation is 1. The van der Waals surface area contributed by atoms with Crippen LogP contribution in [0.25, 0.3) is 0 Å². The molecule has 1 rings (SSSR count). The van der Waals surface area contributed by atoms with E-state index in [4.69, 9.17) is 15.6 Å². The van der Waals surface area contributed by atoms with Gasteiger partial charge in [-0.2, -0.15) is 0 Å². The van der Waals surface area contributed by atoms with Gasteiger partial charge in [-0.05, 0) is 6.92 Å². The standard InChI is InChI=1S/C10H18N4O4S/c1-3-7-13-8(10(15)18-4-2)9(11)14(7)5-6-19(12,16)17/h3-6,11H2,1-2H3,(H2,12,16,17). The average Bonchev–Trinajstić information content (AvgIpc) is 2.62. The minimum Gasteiger partial charge on any atom is -0.461 e. The lowest BCUT2D eigenvalue weighted by Gasteiger charge is -2.07. The maximum atomic E-state index is 11.6. The van der Waals surface area contributed by atoms with Gasteiger partial charge in [0.05, 0.1) is 12.4 Å². The fourth-order valence-electron chi connectivity index (χ4n) is 1.60. The van der Waals surface area contributed by atoms with E-state index in [1.54, 1.807) is 6.92 Å². The van der Waals surface area contributed by atoms with Crippen molar-refractivity contribution in [1.29, 1.82) is 0 Å². The second kappa shape index (κ2) is 6.02. The van der Waals surface area contributed by atoms with E-state index in [1.165, 1.54) is 4.57 Å². The summed E-state index contributed by atoms with van der Waals surface area (Å²) in [6.45, 7) is 3.76. The summed E-state index contributed by atoms with van der Waals surface area (Å²) in [6, 6.07) is 0. The monoisotopic (exact) mass is 290 g/mol. The molecule has 0 saturated carbocycles. The number of ether oxygens (including phenoxy) is 1. The summed E-state index contributed by atoms with van der Waals surface area (Å²) in [4.78, 5) is 15.7. The molecule has 0 bridgehead atoms. The van der Waals surface area contributed by atoms with Crippen molar-refractivity contribution in [3.05, 3.63) is 11.5 Å². The molecule has 0 aliphatic carbocycles. The van der Waals surface area contributed by atoms with Crippen LogP contribution >= 0.6 is 0 Å². The predicted octanol–water partition coefficient (Wildman–Crippen LogP) is -0.507. The van der Waals surface area contributed by atoms with Crippen LogP contribution in [0, 0.1) is 0 Å². The third-order valence-electron chi connectivity index (χ3n) is 2.47. The minimum absolute atomic E-state index is 0.00752. The van der Waals surface area contributed by atoms with Crippen molar-refractivity contribution in [3.8, 4) is 0 Å². The highest BCUT2D eigenvalue weighted by molar-refractivity contribution is 7.89. The van der Waals surface area contributed by atoms with E-state index in [0.29, 0.717) is 12.2 Å². The molecule has 0 amide bonds. The van der Waals surface area contributed by atoms with Gasteiger partial charge < -0.3 is 15.0 Å². The number of esters is 1. The summed E-state index contributed by atoms with van der Waals surface area (Å²) in [7, 11) is -3.61. The van der Waals surface area contributed by atoms with Gasteiger partial charge >= 0.3 is 5.97 Å². The van der Waals surface area contributed by atoms with E-state index in [0.717, 1.165) is 0 Å². The van der Waals surface area contributed by atoms with Crippen molar-refractivity contribution in [2.24, 2.45) is 5.14 Å². The molecule has 0 unspecified atom stereocenters. The molecule has 0 aromatic carbocycles. The van der Waals surface area contributed by atoms with Crippen LogP contribution in [0.5, 0.6) is 0 Å². The number of hydrogen-bond donors (Lipinski definition) is 2. The van der Waals surface area contributed by atoms with Crippen molar-refractivity contribution in [3.63, 3.8) is 0 Å². The van der Waals surface area contributed by atoms with Crippen molar-refractivity contribution < 1.29 is 17.9 Å². The Hall–Kier alpha value is -1.61. The van der Waals surface area contributed by atoms with E-state index in [9.17, 15) is 13.2 Å². The third-order valence-corrected chi connectivity index (χ3v) is 3.22. The second-order valence-corrected chi connectivity index (χ2v) is 5.59. The lowest BCUT2D eigenvalue weighted by molar-refractivity contribution is 0.0521. The Kier molecular flexibility index (Phi) is 4.90. The molecular formula is C10H18N4O4S. The van der Waals surface area contributed by atoms with Crippen LogP contribution < -0.4 is 10.9 Å². The number of anilines is 1. The highest BCUT2D eigenvalue weighted by Gasteiger charge is 2.21. The fourth-order valence-corrected chi connectivity index (χ4v) is 2.04. The molecule has 0 atom stereocenters. The van der Waals surface area contributed by atoms with Crippen molar-refractivity contribution in [2.45, 2.75) is 26.8 Å². The quantitative estimate of drug-likeness (QED) is 0.679. The Morgan fingerprint density at radius 1 is 1.42 bits per heavy atom. The first-order valence-corrected chi connectivity index (χ1v) is 7.54. The van der Waals surface area contributed by atoms with Gasteiger partial charge in [-0.3, -0.25) is 0 Å². The predicted molar refractivity (Wildman–Crippen MR) is 69.9 cm³/mol. The fraction of sp³-hybridized carbons (Fsp3) is 0.600. The maximum absolute atomic E-state index is 11.6. The molecule has 0 fully saturated rings. The number of carbonyl (C=O) groups is 1. The molecular weight excluding hydrogens is 272 g/mol. The molecule has 19 heavy (non-hydrogen) atoms. The molecule has 1 aromatic rings. The summed E-state index contributed by atoms with van der Waals surface area (Å²) in [5, 5.41) is 4.95. The number of nitrogens with two attached hydrogens (primary N) is 2. The lowest BCUT2D eigenvalue weighted by Crippen LogP contribution is -2.22. The van der Waals surface area contributed by atoms with Gasteiger partial charge in [0.25, 0.3) is 0 Å². The van der Waals surface area contributed by atoms with Crippen LogP contribution in [0.2, 0.25) is 0 Å². The highest BCUT2D eigenvalue weighted by atomic mass is 32.2. The molecule has 0 aliphatic rings. The van der Waals surface area contributed by atoms with Crippen LogP contribution in [0.3, 0.4) is 0 Å². The first kappa shape index (κ1) is 15.4. The zero-order valence-electron chi connectivity index (χ0n) is 10.9. The van der Waals surface area contributed by atoms with Gasteiger partial charge in [-0.15, -0.1) is 0 Å². The summed E-state index contributed by atoms with van der Waals surface area (Å²) >= 11 is 0. The smallest absolute Gasteiger partial charge is 0.360 e. The first-order valence-electron chi connectivity index (χ1n) is 5.82. The third kappa shape index (κ3) is 3.93. The largest absolute Gasteiger partial charge is 0.461 e. The van der Waals surface area contributed by atoms with E-state index >= 15 is 0 Å². The number of sulfonamides is 1. The van der Waals surface area contributed by atoms with Crippen LogP contribution in [0.1, 0.15) is 30.2 Å². The van der Waals surface area contributed by atoms with Crippen molar-refractivity contribution in [1.82, 2.24) is 9.55 Å². The number of nitrogens with zero attached hydrogens (tertiary/aromatic N) is 2. The highest BCUT2D eigenvalue weighted by Crippen LogP contribution is 2.16. The molecule has 8 nitrogen and oxygen atoms in total. The van der Waals surface area contributed by atoms with Crippen LogP contribution in [-0.2, 0) is 27.7 Å². The second-order valence-electron chi connectivity index (χ2n) is 3.85. The molecule has 1 heterocycles. The average molecular weight is 290 g/mol. The Labute approximate surface area is 111 Å². The first-order chi connectivity index (χ1) is 8.80. The van der Waals surface area contributed by atoms with E-state index in [1.807, 2.05) is 6.92 Å². The molecule has 0 spiro atoms. The number of hydrogen-bond acceptors (Lipinski definition) is 6. The molecule has 0 radical (unpaired) electrons. The molecule has 108 valence electrons. The molecule has 1 aromatic heterocycles. The normalized spacial score (nSPS) is 11.5. The van der Waals surface area contributed by atoms with Crippen LogP contribution in [-0.4, -0.2) is 36.3 Å². The number of primary sulfonamides is 1. The Balaban J connectivity index is 3.06. The number of carbonyl (C=O) groups excluding carboxylic acids is 1. The van der Waals surface area contributed by atoms with Crippen molar-refractivity contribution >= 4 is 21.8 Å². The van der Waals surface area contributed by atoms with E-state index < -0.39 is 16.0 Å². The Morgan fingerprint density at radius 3 is 2.53 bits per heavy atom. The van der Waals surface area contributed by atoms with Crippen LogP contribution in [0.15, 0.2) is 0 Å². The zero-order valence-corrected chi connectivity index (χ0v) is 11.7. The minimum atomic E-state index is -3.61. The summed E-state index contributed by atoms with van der Waals surface area (Å²) < 4.78 is 28.2. The van der Waals surface area contributed by atoms with E-state index in [2.05, 4.69) is 4.98 Å². The van der Waals surface area contributed by atoms with Gasteiger partial charge in [-0.1, -0.05) is 6.92 Å². The summed E-state index contributed by atoms with van der Waals surface area (Å²) in [5.41, 5.74) is 5.81. The summed E-state index contributed by atoms with van der Waals surface area (Å²) in [6.07, 6.45) is 0.508. The van der Waals surface area contributed by atoms with Gasteiger partial charge in [0.2, 0.25) is 10.0 Å². The lowest BCUT2D eigenvalue weighted by atomic mass is 10.4. The van der Waals surface area contributed by atoms with Gasteiger partial charge in [0.15, 0.2) is 5.69 Å². The summed E-state index contributed by atoms with van der Waals surface area (Å²) in [5.74, 6) is -0.282. The maximum Gasteiger partial charge on any atom is 0.360 e. The topological polar surface area (TPSA) is 130 Å². The number of nitrogen functional groups attached to an aromatic ring is 1. The number of rotatable bonds is 6. The van der Waals surface area contributed by atoms with Gasteiger partial charge in [0.1, 0.15) is 11.6 Å². The van der Waals surface area contributed by atoms with E-state index in [-0.39, 0.29) is 30.4 Å². The van der Waals surface area contributed by atoms with Gasteiger partial charge in [-0.25, -0.2) is 23.3 Å². The zero-order chi connectivity index (χ0) is 14.6. The number of imidazole rings is 1. The molecule has 9 heteroatoms. The molecule has 0 aliphatic heterocycles. The van der Waals surface area contributed by atoms with Crippen LogP contribution in [0.4, 0.5) is 5.82 Å².